The zero-order valence-electron chi connectivity index (χ0n) is 19.9. The van der Waals surface area contributed by atoms with Crippen LogP contribution >= 0.6 is 0 Å². The molecule has 0 spiro atoms. The highest BCUT2D eigenvalue weighted by atomic mass is 19.2. The summed E-state index contributed by atoms with van der Waals surface area (Å²) in [7, 11) is 0. The van der Waals surface area contributed by atoms with E-state index < -0.39 is 17.5 Å². The van der Waals surface area contributed by atoms with Crippen molar-refractivity contribution in [1.29, 1.82) is 0 Å². The molecule has 2 aliphatic rings. The van der Waals surface area contributed by atoms with Crippen LogP contribution in [0.3, 0.4) is 0 Å². The third-order valence-corrected chi connectivity index (χ3v) is 8.44. The van der Waals surface area contributed by atoms with Crippen LogP contribution in [-0.4, -0.2) is 0 Å². The van der Waals surface area contributed by atoms with Gasteiger partial charge in [0.2, 0.25) is 0 Å². The molecule has 0 unspecified atom stereocenters. The van der Waals surface area contributed by atoms with E-state index in [1.54, 1.807) is 0 Å². The van der Waals surface area contributed by atoms with Crippen molar-refractivity contribution in [2.45, 2.75) is 83.5 Å². The van der Waals surface area contributed by atoms with Gasteiger partial charge in [-0.1, -0.05) is 56.2 Å². The van der Waals surface area contributed by atoms with Gasteiger partial charge in [-0.3, -0.25) is 0 Å². The lowest BCUT2D eigenvalue weighted by Crippen LogP contribution is -2.25. The molecule has 178 valence electrons. The summed E-state index contributed by atoms with van der Waals surface area (Å²) >= 11 is 0. The second-order valence-electron chi connectivity index (χ2n) is 10.4. The second-order valence-corrected chi connectivity index (χ2v) is 10.4. The Morgan fingerprint density at radius 3 is 1.88 bits per heavy atom. The van der Waals surface area contributed by atoms with Crippen LogP contribution in [0.4, 0.5) is 13.2 Å². The first-order valence-corrected chi connectivity index (χ1v) is 12.9. The second kappa shape index (κ2) is 10.9. The van der Waals surface area contributed by atoms with Crippen LogP contribution in [0, 0.1) is 35.2 Å². The minimum atomic E-state index is -1.41. The summed E-state index contributed by atoms with van der Waals surface area (Å²) in [4.78, 5) is 0. The van der Waals surface area contributed by atoms with Crippen molar-refractivity contribution in [2.24, 2.45) is 17.8 Å². The molecule has 0 amide bonds. The molecule has 0 nitrogen and oxygen atoms in total. The molecule has 0 N–H and O–H groups in total. The molecule has 0 aliphatic heterocycles. The van der Waals surface area contributed by atoms with Crippen molar-refractivity contribution in [3.8, 4) is 11.1 Å². The average Bonchev–Trinajstić information content (AvgIpc) is 2.86. The Morgan fingerprint density at radius 1 is 0.788 bits per heavy atom. The maximum absolute atomic E-state index is 13.6. The standard InChI is InChI=1S/C30H37F3/c1-3-20(2)4-5-21-6-8-22(9-7-21)23-10-12-24(13-11-23)25-14-16-26(17-15-25)27-18-28(31)30(33)29(32)19-27/h14-19,21-24H,2-13H2,1H3. The van der Waals surface area contributed by atoms with Crippen molar-refractivity contribution < 1.29 is 13.2 Å². The Kier molecular flexibility index (Phi) is 7.98. The fourth-order valence-corrected chi connectivity index (χ4v) is 6.13. The van der Waals surface area contributed by atoms with Crippen molar-refractivity contribution in [3.05, 3.63) is 71.6 Å². The number of benzene rings is 2. The average molecular weight is 455 g/mol. The molecule has 4 rings (SSSR count). The Hall–Kier alpha value is -2.03. The SMILES string of the molecule is C=C(CC)CCC1CCC(C2CCC(c3ccc(-c4cc(F)c(F)c(F)c4)cc3)CC2)CC1. The van der Waals surface area contributed by atoms with Crippen LogP contribution in [0.25, 0.3) is 11.1 Å². The quantitative estimate of drug-likeness (QED) is 0.288. The van der Waals surface area contributed by atoms with Gasteiger partial charge < -0.3 is 0 Å². The Morgan fingerprint density at radius 2 is 1.33 bits per heavy atom. The van der Waals surface area contributed by atoms with Crippen LogP contribution < -0.4 is 0 Å². The zero-order valence-corrected chi connectivity index (χ0v) is 19.9. The smallest absolute Gasteiger partial charge is 0.194 e. The molecule has 2 fully saturated rings. The summed E-state index contributed by atoms with van der Waals surface area (Å²) in [5, 5.41) is 0. The molecule has 0 heterocycles. The summed E-state index contributed by atoms with van der Waals surface area (Å²) in [5.41, 5.74) is 3.79. The number of hydrogen-bond donors (Lipinski definition) is 0. The summed E-state index contributed by atoms with van der Waals surface area (Å²) < 4.78 is 40.4. The van der Waals surface area contributed by atoms with E-state index in [1.807, 2.05) is 12.1 Å². The van der Waals surface area contributed by atoms with Crippen molar-refractivity contribution in [3.63, 3.8) is 0 Å². The van der Waals surface area contributed by atoms with Crippen LogP contribution in [0.5, 0.6) is 0 Å². The van der Waals surface area contributed by atoms with E-state index >= 15 is 0 Å². The fraction of sp³-hybridized carbons (Fsp3) is 0.533. The molecule has 2 aliphatic carbocycles. The van der Waals surface area contributed by atoms with E-state index in [9.17, 15) is 13.2 Å². The molecule has 0 atom stereocenters. The van der Waals surface area contributed by atoms with Gasteiger partial charge in [0.1, 0.15) is 0 Å². The monoisotopic (exact) mass is 454 g/mol. The molecule has 0 bridgehead atoms. The van der Waals surface area contributed by atoms with E-state index in [0.29, 0.717) is 17.0 Å². The largest absolute Gasteiger partial charge is 0.204 e. The van der Waals surface area contributed by atoms with Crippen molar-refractivity contribution in [1.82, 2.24) is 0 Å². The number of halogens is 3. The Balaban J connectivity index is 1.27. The molecular formula is C30H37F3. The lowest BCUT2D eigenvalue weighted by atomic mass is 9.68. The normalized spacial score (nSPS) is 25.7. The molecule has 2 aromatic carbocycles. The first kappa shape index (κ1) is 24.1. The molecule has 2 aromatic rings. The van der Waals surface area contributed by atoms with E-state index in [2.05, 4.69) is 25.6 Å². The van der Waals surface area contributed by atoms with Gasteiger partial charge in [-0.2, -0.15) is 0 Å². The number of allylic oxidation sites excluding steroid dienone is 1. The highest BCUT2D eigenvalue weighted by Gasteiger charge is 2.31. The maximum atomic E-state index is 13.6. The summed E-state index contributed by atoms with van der Waals surface area (Å²) in [6, 6.07) is 10.1. The highest BCUT2D eigenvalue weighted by Crippen LogP contribution is 2.44. The lowest BCUT2D eigenvalue weighted by Gasteiger charge is -2.38. The molecule has 33 heavy (non-hydrogen) atoms. The molecule has 2 saturated carbocycles. The van der Waals surface area contributed by atoms with Crippen LogP contribution in [0.15, 0.2) is 48.6 Å². The highest BCUT2D eigenvalue weighted by molar-refractivity contribution is 5.64. The summed E-state index contributed by atoms with van der Waals surface area (Å²) in [6.45, 7) is 6.37. The number of hydrogen-bond acceptors (Lipinski definition) is 0. The molecular weight excluding hydrogens is 417 g/mol. The van der Waals surface area contributed by atoms with Gasteiger partial charge in [0.15, 0.2) is 17.5 Å². The topological polar surface area (TPSA) is 0 Å². The Bertz CT molecular complexity index is 907. The number of rotatable bonds is 7. The van der Waals surface area contributed by atoms with Gasteiger partial charge in [0, 0.05) is 0 Å². The van der Waals surface area contributed by atoms with Gasteiger partial charge in [-0.15, -0.1) is 0 Å². The van der Waals surface area contributed by atoms with Gasteiger partial charge in [0.05, 0.1) is 0 Å². The Labute approximate surface area is 197 Å². The third-order valence-electron chi connectivity index (χ3n) is 8.44. The van der Waals surface area contributed by atoms with Crippen molar-refractivity contribution in [2.75, 3.05) is 0 Å². The van der Waals surface area contributed by atoms with Gasteiger partial charge in [0.25, 0.3) is 0 Å². The van der Waals surface area contributed by atoms with Crippen molar-refractivity contribution >= 4 is 0 Å². The molecule has 0 radical (unpaired) electrons. The van der Waals surface area contributed by atoms with E-state index in [0.717, 1.165) is 36.3 Å². The van der Waals surface area contributed by atoms with Gasteiger partial charge >= 0.3 is 0 Å². The van der Waals surface area contributed by atoms with E-state index in [-0.39, 0.29) is 0 Å². The molecule has 0 saturated heterocycles. The first-order valence-electron chi connectivity index (χ1n) is 12.9. The minimum Gasteiger partial charge on any atom is -0.204 e. The molecule has 3 heteroatoms. The third kappa shape index (κ3) is 5.91. The summed E-state index contributed by atoms with van der Waals surface area (Å²) in [5.74, 6) is -0.459. The van der Waals surface area contributed by atoms with Gasteiger partial charge in [-0.25, -0.2) is 13.2 Å². The van der Waals surface area contributed by atoms with Crippen LogP contribution in [0.2, 0.25) is 0 Å². The first-order chi connectivity index (χ1) is 15.9. The fourth-order valence-electron chi connectivity index (χ4n) is 6.13. The zero-order chi connectivity index (χ0) is 23.4. The summed E-state index contributed by atoms with van der Waals surface area (Å²) in [6.07, 6.45) is 14.3. The maximum Gasteiger partial charge on any atom is 0.194 e. The predicted octanol–water partition coefficient (Wildman–Crippen LogP) is 9.60. The molecule has 0 aromatic heterocycles. The predicted molar refractivity (Wildman–Crippen MR) is 131 cm³/mol. The van der Waals surface area contributed by atoms with Crippen LogP contribution in [-0.2, 0) is 0 Å². The van der Waals surface area contributed by atoms with Crippen LogP contribution in [0.1, 0.15) is 89.0 Å². The van der Waals surface area contributed by atoms with E-state index in [1.165, 1.54) is 75.3 Å². The minimum absolute atomic E-state index is 0.372. The lowest BCUT2D eigenvalue weighted by molar-refractivity contribution is 0.157. The van der Waals surface area contributed by atoms with Gasteiger partial charge in [-0.05, 0) is 110 Å². The van der Waals surface area contributed by atoms with E-state index in [4.69, 9.17) is 0 Å².